The number of aryl methyl sites for hydroxylation is 1. The highest BCUT2D eigenvalue weighted by atomic mass is 32.2. The van der Waals surface area contributed by atoms with Gasteiger partial charge in [0, 0.05) is 13.1 Å². The molecule has 1 saturated heterocycles. The first-order chi connectivity index (χ1) is 11.9. The van der Waals surface area contributed by atoms with Gasteiger partial charge in [0.2, 0.25) is 0 Å². The van der Waals surface area contributed by atoms with E-state index in [0.717, 1.165) is 42.8 Å². The molecule has 1 fully saturated rings. The van der Waals surface area contributed by atoms with Crippen molar-refractivity contribution in [1.82, 2.24) is 14.5 Å². The summed E-state index contributed by atoms with van der Waals surface area (Å²) in [4.78, 5) is 17.6. The molecule has 0 bridgehead atoms. The molecule has 0 saturated carbocycles. The zero-order valence-corrected chi connectivity index (χ0v) is 15.1. The van der Waals surface area contributed by atoms with Gasteiger partial charge in [-0.25, -0.2) is 13.4 Å². The molecule has 7 nitrogen and oxygen atoms in total. The number of aliphatic carboxylic acids is 1. The molecule has 0 amide bonds. The van der Waals surface area contributed by atoms with Crippen LogP contribution in [0, 0.1) is 0 Å². The number of nitrogens with zero attached hydrogens (tertiary/aromatic N) is 3. The molecule has 1 atom stereocenters. The van der Waals surface area contributed by atoms with E-state index in [1.54, 1.807) is 0 Å². The number of hydrogen-bond donors (Lipinski definition) is 1. The van der Waals surface area contributed by atoms with Gasteiger partial charge in [0.25, 0.3) is 0 Å². The van der Waals surface area contributed by atoms with Crippen molar-refractivity contribution in [2.45, 2.75) is 32.4 Å². The number of fused-ring (bicyclic) bond motifs is 1. The Morgan fingerprint density at radius 1 is 1.36 bits per heavy atom. The maximum atomic E-state index is 11.9. The minimum absolute atomic E-state index is 0.0763. The number of likely N-dealkylation sites (tertiary alicyclic amines) is 1. The number of carboxylic acids is 1. The van der Waals surface area contributed by atoms with Crippen molar-refractivity contribution in [3.8, 4) is 0 Å². The van der Waals surface area contributed by atoms with Gasteiger partial charge in [0.15, 0.2) is 9.84 Å². The lowest BCUT2D eigenvalue weighted by molar-refractivity contribution is -0.134. The van der Waals surface area contributed by atoms with Crippen molar-refractivity contribution in [2.24, 2.45) is 0 Å². The summed E-state index contributed by atoms with van der Waals surface area (Å²) in [5.41, 5.74) is 2.04. The molecule has 1 aromatic heterocycles. The second kappa shape index (κ2) is 7.13. The van der Waals surface area contributed by atoms with Crippen molar-refractivity contribution in [3.05, 3.63) is 30.1 Å². The number of rotatable bonds is 7. The predicted octanol–water partition coefficient (Wildman–Crippen LogP) is 1.69. The molecule has 0 spiro atoms. The Kier molecular flexibility index (Phi) is 5.10. The van der Waals surface area contributed by atoms with E-state index in [1.165, 1.54) is 0 Å². The van der Waals surface area contributed by atoms with Gasteiger partial charge in [-0.05, 0) is 38.4 Å². The third-order valence-corrected chi connectivity index (χ3v) is 6.19. The minimum atomic E-state index is -3.58. The second-order valence-electron chi connectivity index (χ2n) is 6.38. The molecule has 0 radical (unpaired) electrons. The highest BCUT2D eigenvalue weighted by molar-refractivity contribution is 7.92. The molecule has 2 heterocycles. The SMILES string of the molecule is CCn1c(C2CCCN2CCS(=O)(=O)CC(=O)O)nc2ccccc21. The van der Waals surface area contributed by atoms with Gasteiger partial charge in [-0.1, -0.05) is 12.1 Å². The molecule has 1 aliphatic rings. The topological polar surface area (TPSA) is 92.5 Å². The van der Waals surface area contributed by atoms with Crippen LogP contribution in [0.25, 0.3) is 11.0 Å². The number of aromatic nitrogens is 2. The number of sulfone groups is 1. The maximum Gasteiger partial charge on any atom is 0.318 e. The maximum absolute atomic E-state index is 11.9. The van der Waals surface area contributed by atoms with E-state index in [1.807, 2.05) is 24.3 Å². The van der Waals surface area contributed by atoms with E-state index in [9.17, 15) is 13.2 Å². The molecule has 3 rings (SSSR count). The van der Waals surface area contributed by atoms with Crippen LogP contribution in [0.5, 0.6) is 0 Å². The Morgan fingerprint density at radius 3 is 2.84 bits per heavy atom. The van der Waals surface area contributed by atoms with Gasteiger partial charge in [-0.3, -0.25) is 9.69 Å². The van der Waals surface area contributed by atoms with Crippen molar-refractivity contribution >= 4 is 26.8 Å². The molecular formula is C17H23N3O4S. The lowest BCUT2D eigenvalue weighted by atomic mass is 10.2. The summed E-state index contributed by atoms with van der Waals surface area (Å²) in [5, 5.41) is 8.71. The number of benzene rings is 1. The lowest BCUT2D eigenvalue weighted by Crippen LogP contribution is -2.32. The van der Waals surface area contributed by atoms with Gasteiger partial charge in [0.1, 0.15) is 11.6 Å². The predicted molar refractivity (Wildman–Crippen MR) is 95.2 cm³/mol. The van der Waals surface area contributed by atoms with Crippen LogP contribution in [0.1, 0.15) is 31.6 Å². The molecule has 2 aromatic rings. The summed E-state index contributed by atoms with van der Waals surface area (Å²) in [5.74, 6) is -1.27. The van der Waals surface area contributed by atoms with E-state index < -0.39 is 21.6 Å². The molecule has 1 unspecified atom stereocenters. The third-order valence-electron chi connectivity index (χ3n) is 4.69. The molecule has 1 N–H and O–H groups in total. The Morgan fingerprint density at radius 2 is 2.12 bits per heavy atom. The first-order valence-electron chi connectivity index (χ1n) is 8.52. The fraction of sp³-hybridized carbons (Fsp3) is 0.529. The van der Waals surface area contributed by atoms with Gasteiger partial charge in [-0.2, -0.15) is 0 Å². The fourth-order valence-corrected chi connectivity index (χ4v) is 4.62. The minimum Gasteiger partial charge on any atom is -0.480 e. The van der Waals surface area contributed by atoms with E-state index in [-0.39, 0.29) is 11.8 Å². The quantitative estimate of drug-likeness (QED) is 0.803. The van der Waals surface area contributed by atoms with E-state index >= 15 is 0 Å². The number of carboxylic acid groups (broad SMARTS) is 1. The van der Waals surface area contributed by atoms with E-state index in [0.29, 0.717) is 6.54 Å². The van der Waals surface area contributed by atoms with Crippen LogP contribution < -0.4 is 0 Å². The summed E-state index contributed by atoms with van der Waals surface area (Å²) in [6.07, 6.45) is 1.92. The molecule has 25 heavy (non-hydrogen) atoms. The molecule has 136 valence electrons. The van der Waals surface area contributed by atoms with Gasteiger partial charge in [0.05, 0.1) is 22.8 Å². The van der Waals surface area contributed by atoms with E-state index in [4.69, 9.17) is 10.1 Å². The third kappa shape index (κ3) is 3.85. The second-order valence-corrected chi connectivity index (χ2v) is 8.57. The van der Waals surface area contributed by atoms with Crippen molar-refractivity contribution in [2.75, 3.05) is 24.6 Å². The van der Waals surface area contributed by atoms with Crippen molar-refractivity contribution < 1.29 is 18.3 Å². The largest absolute Gasteiger partial charge is 0.480 e. The number of para-hydroxylation sites is 2. The van der Waals surface area contributed by atoms with Crippen LogP contribution in [0.3, 0.4) is 0 Å². The zero-order valence-electron chi connectivity index (χ0n) is 14.3. The van der Waals surface area contributed by atoms with Crippen LogP contribution >= 0.6 is 0 Å². The first-order valence-corrected chi connectivity index (χ1v) is 10.3. The van der Waals surface area contributed by atoms with Crippen molar-refractivity contribution in [3.63, 3.8) is 0 Å². The standard InChI is InChI=1S/C17H23N3O4S/c1-2-20-14-7-4-3-6-13(14)18-17(20)15-8-5-9-19(15)10-11-25(23,24)12-16(21)22/h3-4,6-7,15H,2,5,8-12H2,1H3,(H,21,22). The summed E-state index contributed by atoms with van der Waals surface area (Å²) < 4.78 is 25.9. The van der Waals surface area contributed by atoms with E-state index in [2.05, 4.69) is 16.4 Å². The number of imidazole rings is 1. The monoisotopic (exact) mass is 365 g/mol. The molecule has 1 aliphatic heterocycles. The molecule has 1 aromatic carbocycles. The van der Waals surface area contributed by atoms with Gasteiger partial charge in [-0.15, -0.1) is 0 Å². The summed E-state index contributed by atoms with van der Waals surface area (Å²) in [6, 6.07) is 8.06. The number of carbonyl (C=O) groups is 1. The van der Waals surface area contributed by atoms with Crippen LogP contribution in [0.2, 0.25) is 0 Å². The molecule has 0 aliphatic carbocycles. The lowest BCUT2D eigenvalue weighted by Gasteiger charge is -2.24. The van der Waals surface area contributed by atoms with Crippen molar-refractivity contribution in [1.29, 1.82) is 0 Å². The normalized spacial score (nSPS) is 18.8. The van der Waals surface area contributed by atoms with Crippen LogP contribution in [-0.2, 0) is 21.2 Å². The van der Waals surface area contributed by atoms with Gasteiger partial charge < -0.3 is 9.67 Å². The smallest absolute Gasteiger partial charge is 0.318 e. The number of hydrogen-bond acceptors (Lipinski definition) is 5. The first kappa shape index (κ1) is 17.9. The summed E-state index contributed by atoms with van der Waals surface area (Å²) in [6.45, 7) is 4.03. The van der Waals surface area contributed by atoms with Crippen LogP contribution in [-0.4, -0.2) is 58.5 Å². The van der Waals surface area contributed by atoms with Crippen LogP contribution in [0.4, 0.5) is 0 Å². The Balaban J connectivity index is 1.81. The van der Waals surface area contributed by atoms with Crippen LogP contribution in [0.15, 0.2) is 24.3 Å². The highest BCUT2D eigenvalue weighted by Gasteiger charge is 2.31. The molecule has 8 heteroatoms. The zero-order chi connectivity index (χ0) is 18.0. The Labute approximate surface area is 147 Å². The summed E-state index contributed by atoms with van der Waals surface area (Å²) >= 11 is 0. The highest BCUT2D eigenvalue weighted by Crippen LogP contribution is 2.33. The summed E-state index contributed by atoms with van der Waals surface area (Å²) in [7, 11) is -3.58. The fourth-order valence-electron chi connectivity index (χ4n) is 3.58. The average molecular weight is 365 g/mol. The Bertz CT molecular complexity index is 875. The van der Waals surface area contributed by atoms with Gasteiger partial charge >= 0.3 is 5.97 Å². The molecular weight excluding hydrogens is 342 g/mol. The average Bonchev–Trinajstić information content (AvgIpc) is 3.15. The Hall–Kier alpha value is -1.93.